The molecule has 2 rings (SSSR count). The predicted molar refractivity (Wildman–Crippen MR) is 64.4 cm³/mol. The Morgan fingerprint density at radius 2 is 2.07 bits per heavy atom. The Labute approximate surface area is 92.8 Å². The highest BCUT2D eigenvalue weighted by atomic mass is 32.2. The van der Waals surface area contributed by atoms with Crippen molar-refractivity contribution in [1.82, 2.24) is 0 Å². The zero-order chi connectivity index (χ0) is 10.1. The van der Waals surface area contributed by atoms with Gasteiger partial charge in [-0.05, 0) is 41.1 Å². The van der Waals surface area contributed by atoms with E-state index < -0.39 is 0 Å². The van der Waals surface area contributed by atoms with Crippen molar-refractivity contribution < 1.29 is 5.11 Å². The standard InChI is InChI=1S/C11H12OS2/c1-2-7-4-10-8(3-9(7)6-12)5-11(13)14-10/h3-5,12-13H,2,6H2,1H3. The Balaban J connectivity index is 2.68. The maximum Gasteiger partial charge on any atom is 0.0684 e. The summed E-state index contributed by atoms with van der Waals surface area (Å²) < 4.78 is 2.28. The molecule has 2 aromatic rings. The summed E-state index contributed by atoms with van der Waals surface area (Å²) in [6.45, 7) is 2.23. The summed E-state index contributed by atoms with van der Waals surface area (Å²) >= 11 is 6.01. The van der Waals surface area contributed by atoms with Gasteiger partial charge in [0.05, 0.1) is 10.8 Å². The smallest absolute Gasteiger partial charge is 0.0684 e. The van der Waals surface area contributed by atoms with Gasteiger partial charge in [-0.15, -0.1) is 24.0 Å². The van der Waals surface area contributed by atoms with E-state index in [1.807, 2.05) is 6.07 Å². The van der Waals surface area contributed by atoms with Crippen molar-refractivity contribution >= 4 is 34.1 Å². The molecule has 1 heterocycles. The second kappa shape index (κ2) is 3.93. The minimum atomic E-state index is 0.122. The van der Waals surface area contributed by atoms with Crippen molar-refractivity contribution in [1.29, 1.82) is 0 Å². The lowest BCUT2D eigenvalue weighted by atomic mass is 10.0. The Bertz CT molecular complexity index is 419. The Hall–Kier alpha value is -0.510. The first kappa shape index (κ1) is 10.0. The molecule has 0 radical (unpaired) electrons. The molecule has 0 fully saturated rings. The highest BCUT2D eigenvalue weighted by Crippen LogP contribution is 2.30. The van der Waals surface area contributed by atoms with E-state index in [2.05, 4.69) is 31.7 Å². The molecule has 1 nitrogen and oxygen atoms in total. The van der Waals surface area contributed by atoms with Gasteiger partial charge < -0.3 is 5.11 Å². The fourth-order valence-electron chi connectivity index (χ4n) is 1.64. The van der Waals surface area contributed by atoms with Crippen LogP contribution in [0.5, 0.6) is 0 Å². The minimum Gasteiger partial charge on any atom is -0.392 e. The summed E-state index contributed by atoms with van der Waals surface area (Å²) in [4.78, 5) is 0. The molecule has 0 aliphatic rings. The summed E-state index contributed by atoms with van der Waals surface area (Å²) in [5.41, 5.74) is 2.27. The van der Waals surface area contributed by atoms with E-state index in [0.29, 0.717) is 0 Å². The largest absolute Gasteiger partial charge is 0.392 e. The molecule has 1 N–H and O–H groups in total. The number of aryl methyl sites for hydroxylation is 1. The second-order valence-corrected chi connectivity index (χ2v) is 5.12. The van der Waals surface area contributed by atoms with Crippen molar-refractivity contribution in [2.75, 3.05) is 0 Å². The zero-order valence-electron chi connectivity index (χ0n) is 7.95. The van der Waals surface area contributed by atoms with Crippen molar-refractivity contribution in [3.8, 4) is 0 Å². The van der Waals surface area contributed by atoms with Gasteiger partial charge in [0.25, 0.3) is 0 Å². The number of hydrogen-bond acceptors (Lipinski definition) is 3. The van der Waals surface area contributed by atoms with Crippen LogP contribution in [0, 0.1) is 0 Å². The highest BCUT2D eigenvalue weighted by Gasteiger charge is 2.05. The second-order valence-electron chi connectivity index (χ2n) is 3.26. The highest BCUT2D eigenvalue weighted by molar-refractivity contribution is 7.83. The third kappa shape index (κ3) is 1.67. The number of hydrogen-bond donors (Lipinski definition) is 2. The lowest BCUT2D eigenvalue weighted by molar-refractivity contribution is 0.281. The number of fused-ring (bicyclic) bond motifs is 1. The third-order valence-electron chi connectivity index (χ3n) is 2.38. The molecule has 0 atom stereocenters. The van der Waals surface area contributed by atoms with Gasteiger partial charge in [-0.1, -0.05) is 6.92 Å². The maximum absolute atomic E-state index is 9.20. The van der Waals surface area contributed by atoms with Crippen LogP contribution in [0.2, 0.25) is 0 Å². The van der Waals surface area contributed by atoms with Gasteiger partial charge >= 0.3 is 0 Å². The van der Waals surface area contributed by atoms with Crippen LogP contribution in [0.1, 0.15) is 18.1 Å². The Morgan fingerprint density at radius 3 is 2.71 bits per heavy atom. The lowest BCUT2D eigenvalue weighted by Crippen LogP contribution is -1.91. The average molecular weight is 224 g/mol. The fraction of sp³-hybridized carbons (Fsp3) is 0.273. The van der Waals surface area contributed by atoms with Crippen molar-refractivity contribution in [3.63, 3.8) is 0 Å². The molecule has 3 heteroatoms. The van der Waals surface area contributed by atoms with E-state index >= 15 is 0 Å². The first-order valence-electron chi connectivity index (χ1n) is 4.59. The molecule has 1 aromatic carbocycles. The molecule has 14 heavy (non-hydrogen) atoms. The Kier molecular flexibility index (Phi) is 2.81. The van der Waals surface area contributed by atoms with E-state index in [1.54, 1.807) is 11.3 Å². The molecule has 0 aliphatic heterocycles. The van der Waals surface area contributed by atoms with Gasteiger partial charge in [0.1, 0.15) is 0 Å². The first-order valence-corrected chi connectivity index (χ1v) is 5.86. The van der Waals surface area contributed by atoms with Crippen molar-refractivity contribution in [2.45, 2.75) is 24.2 Å². The maximum atomic E-state index is 9.20. The number of thiol groups is 1. The van der Waals surface area contributed by atoms with Gasteiger partial charge in [-0.2, -0.15) is 0 Å². The molecule has 0 amide bonds. The van der Waals surface area contributed by atoms with Crippen LogP contribution < -0.4 is 0 Å². The van der Waals surface area contributed by atoms with Crippen LogP contribution in [0.3, 0.4) is 0 Å². The van der Waals surface area contributed by atoms with Gasteiger partial charge in [0.2, 0.25) is 0 Å². The molecule has 0 aliphatic carbocycles. The normalized spacial score (nSPS) is 11.1. The predicted octanol–water partition coefficient (Wildman–Crippen LogP) is 3.24. The number of thiophene rings is 1. The number of rotatable bonds is 2. The average Bonchev–Trinajstić information content (AvgIpc) is 2.54. The number of aliphatic hydroxyl groups is 1. The topological polar surface area (TPSA) is 20.2 Å². The fourth-order valence-corrected chi connectivity index (χ4v) is 2.92. The minimum absolute atomic E-state index is 0.122. The van der Waals surface area contributed by atoms with Crippen molar-refractivity contribution in [2.24, 2.45) is 0 Å². The monoisotopic (exact) mass is 224 g/mol. The van der Waals surface area contributed by atoms with E-state index in [1.165, 1.54) is 15.6 Å². The molecular formula is C11H12OS2. The molecule has 0 unspecified atom stereocenters. The molecule has 0 saturated heterocycles. The molecular weight excluding hydrogens is 212 g/mol. The van der Waals surface area contributed by atoms with E-state index in [0.717, 1.165) is 16.2 Å². The van der Waals surface area contributed by atoms with Gasteiger partial charge in [-0.3, -0.25) is 0 Å². The summed E-state index contributed by atoms with van der Waals surface area (Å²) in [7, 11) is 0. The van der Waals surface area contributed by atoms with E-state index in [4.69, 9.17) is 0 Å². The van der Waals surface area contributed by atoms with E-state index in [-0.39, 0.29) is 6.61 Å². The van der Waals surface area contributed by atoms with Crippen LogP contribution >= 0.6 is 24.0 Å². The van der Waals surface area contributed by atoms with Crippen molar-refractivity contribution in [3.05, 3.63) is 29.3 Å². The molecule has 0 bridgehead atoms. The Morgan fingerprint density at radius 1 is 1.29 bits per heavy atom. The van der Waals surface area contributed by atoms with Gasteiger partial charge in [0, 0.05) is 4.70 Å². The quantitative estimate of drug-likeness (QED) is 0.750. The number of aliphatic hydroxyl groups excluding tert-OH is 1. The van der Waals surface area contributed by atoms with Crippen LogP contribution in [0.25, 0.3) is 10.1 Å². The molecule has 1 aromatic heterocycles. The summed E-state index contributed by atoms with van der Waals surface area (Å²) in [5, 5.41) is 10.4. The SMILES string of the molecule is CCc1cc2sc(S)cc2cc1CO. The molecule has 0 spiro atoms. The first-order chi connectivity index (χ1) is 6.74. The molecule has 74 valence electrons. The summed E-state index contributed by atoms with van der Waals surface area (Å²) in [6.07, 6.45) is 0.964. The zero-order valence-corrected chi connectivity index (χ0v) is 9.66. The van der Waals surface area contributed by atoms with Crippen LogP contribution in [0.4, 0.5) is 0 Å². The third-order valence-corrected chi connectivity index (χ3v) is 3.68. The van der Waals surface area contributed by atoms with E-state index in [9.17, 15) is 5.11 Å². The number of benzene rings is 1. The summed E-state index contributed by atoms with van der Waals surface area (Å²) in [6, 6.07) is 6.26. The van der Waals surface area contributed by atoms with Crippen LogP contribution in [0.15, 0.2) is 22.4 Å². The molecule has 0 saturated carbocycles. The van der Waals surface area contributed by atoms with Gasteiger partial charge in [-0.25, -0.2) is 0 Å². The van der Waals surface area contributed by atoms with Crippen LogP contribution in [-0.4, -0.2) is 5.11 Å². The van der Waals surface area contributed by atoms with Crippen LogP contribution in [-0.2, 0) is 13.0 Å². The van der Waals surface area contributed by atoms with Gasteiger partial charge in [0.15, 0.2) is 0 Å². The summed E-state index contributed by atoms with van der Waals surface area (Å²) in [5.74, 6) is 0. The lowest BCUT2D eigenvalue weighted by Gasteiger charge is -2.04.